The largest absolute Gasteiger partial charge is 0.494 e. The lowest BCUT2D eigenvalue weighted by Crippen LogP contribution is -2.10. The van der Waals surface area contributed by atoms with Crippen molar-refractivity contribution in [1.82, 2.24) is 0 Å². The summed E-state index contributed by atoms with van der Waals surface area (Å²) in [6.45, 7) is 4.54. The maximum Gasteiger partial charge on any atom is 0.125 e. The molecule has 0 saturated heterocycles. The number of nitrogens with two attached hydrogens (primary N) is 1. The standard InChI is InChI=1S/C14H17NO2/c1-3-16-12-7-5-11(6-8-12)14(15)13-9-4-10(2)17-13/h4-9,14H,3,15H2,1-2H3. The Bertz CT molecular complexity index is 473. The van der Waals surface area contributed by atoms with Crippen molar-refractivity contribution >= 4 is 0 Å². The van der Waals surface area contributed by atoms with Gasteiger partial charge < -0.3 is 14.9 Å². The van der Waals surface area contributed by atoms with Gasteiger partial charge in [0.15, 0.2) is 0 Å². The lowest BCUT2D eigenvalue weighted by atomic mass is 10.1. The van der Waals surface area contributed by atoms with E-state index in [4.69, 9.17) is 14.9 Å². The average Bonchev–Trinajstić information content (AvgIpc) is 2.76. The molecule has 1 aromatic carbocycles. The molecular formula is C14H17NO2. The van der Waals surface area contributed by atoms with Gasteiger partial charge in [0, 0.05) is 0 Å². The summed E-state index contributed by atoms with van der Waals surface area (Å²) in [6.07, 6.45) is 0. The maximum atomic E-state index is 6.12. The molecule has 3 heteroatoms. The Labute approximate surface area is 101 Å². The maximum absolute atomic E-state index is 6.12. The van der Waals surface area contributed by atoms with Crippen LogP contribution >= 0.6 is 0 Å². The average molecular weight is 231 g/mol. The first kappa shape index (κ1) is 11.7. The van der Waals surface area contributed by atoms with E-state index in [-0.39, 0.29) is 6.04 Å². The van der Waals surface area contributed by atoms with Gasteiger partial charge in [0.2, 0.25) is 0 Å². The van der Waals surface area contributed by atoms with Crippen molar-refractivity contribution in [2.75, 3.05) is 6.61 Å². The van der Waals surface area contributed by atoms with Crippen LogP contribution in [0.2, 0.25) is 0 Å². The molecule has 0 saturated carbocycles. The zero-order chi connectivity index (χ0) is 12.3. The summed E-state index contributed by atoms with van der Waals surface area (Å²) in [5.74, 6) is 2.52. The van der Waals surface area contributed by atoms with Crippen LogP contribution in [0.3, 0.4) is 0 Å². The quantitative estimate of drug-likeness (QED) is 0.879. The smallest absolute Gasteiger partial charge is 0.125 e. The molecule has 0 amide bonds. The second-order valence-electron chi connectivity index (χ2n) is 3.93. The molecule has 3 nitrogen and oxygen atoms in total. The number of benzene rings is 1. The van der Waals surface area contributed by atoms with E-state index in [9.17, 15) is 0 Å². The molecule has 0 bridgehead atoms. The molecule has 2 rings (SSSR count). The number of hydrogen-bond donors (Lipinski definition) is 1. The van der Waals surface area contributed by atoms with Crippen molar-refractivity contribution in [2.45, 2.75) is 19.9 Å². The van der Waals surface area contributed by atoms with Crippen molar-refractivity contribution in [2.24, 2.45) is 5.73 Å². The third-order valence-corrected chi connectivity index (χ3v) is 2.62. The number of aryl methyl sites for hydroxylation is 1. The van der Waals surface area contributed by atoms with Crippen molar-refractivity contribution in [3.8, 4) is 5.75 Å². The topological polar surface area (TPSA) is 48.4 Å². The second-order valence-corrected chi connectivity index (χ2v) is 3.93. The number of rotatable bonds is 4. The van der Waals surface area contributed by atoms with Crippen LogP contribution in [0.25, 0.3) is 0 Å². The Kier molecular flexibility index (Phi) is 3.49. The molecule has 0 radical (unpaired) electrons. The summed E-state index contributed by atoms with van der Waals surface area (Å²) in [5, 5.41) is 0. The van der Waals surface area contributed by atoms with Gasteiger partial charge in [0.05, 0.1) is 12.6 Å². The molecule has 1 heterocycles. The molecule has 0 spiro atoms. The van der Waals surface area contributed by atoms with Crippen LogP contribution in [0.4, 0.5) is 0 Å². The summed E-state index contributed by atoms with van der Waals surface area (Å²) in [4.78, 5) is 0. The SMILES string of the molecule is CCOc1ccc(C(N)c2ccc(C)o2)cc1. The highest BCUT2D eigenvalue weighted by molar-refractivity contribution is 5.32. The zero-order valence-electron chi connectivity index (χ0n) is 10.1. The molecule has 0 fully saturated rings. The summed E-state index contributed by atoms with van der Waals surface area (Å²) in [6, 6.07) is 11.4. The molecule has 1 unspecified atom stereocenters. The van der Waals surface area contributed by atoms with Crippen LogP contribution in [0.5, 0.6) is 5.75 Å². The van der Waals surface area contributed by atoms with Gasteiger partial charge >= 0.3 is 0 Å². The zero-order valence-corrected chi connectivity index (χ0v) is 10.1. The van der Waals surface area contributed by atoms with Gasteiger partial charge in [-0.1, -0.05) is 12.1 Å². The summed E-state index contributed by atoms with van der Waals surface area (Å²) < 4.78 is 10.9. The van der Waals surface area contributed by atoms with Gasteiger partial charge in [-0.3, -0.25) is 0 Å². The van der Waals surface area contributed by atoms with Gasteiger partial charge in [-0.15, -0.1) is 0 Å². The van der Waals surface area contributed by atoms with E-state index < -0.39 is 0 Å². The predicted octanol–water partition coefficient (Wildman–Crippen LogP) is 3.03. The van der Waals surface area contributed by atoms with Crippen molar-refractivity contribution < 1.29 is 9.15 Å². The Morgan fingerprint density at radius 2 is 1.88 bits per heavy atom. The van der Waals surface area contributed by atoms with Gasteiger partial charge in [-0.05, 0) is 43.7 Å². The fourth-order valence-corrected chi connectivity index (χ4v) is 1.72. The molecular weight excluding hydrogens is 214 g/mol. The fraction of sp³-hybridized carbons (Fsp3) is 0.286. The minimum Gasteiger partial charge on any atom is -0.494 e. The summed E-state index contributed by atoms with van der Waals surface area (Å²) in [7, 11) is 0. The minimum absolute atomic E-state index is 0.223. The first-order chi connectivity index (χ1) is 8.20. The Morgan fingerprint density at radius 1 is 1.18 bits per heavy atom. The van der Waals surface area contributed by atoms with Crippen LogP contribution < -0.4 is 10.5 Å². The Morgan fingerprint density at radius 3 is 2.41 bits per heavy atom. The second kappa shape index (κ2) is 5.06. The van der Waals surface area contributed by atoms with Crippen LogP contribution in [-0.2, 0) is 0 Å². The fourth-order valence-electron chi connectivity index (χ4n) is 1.72. The van der Waals surface area contributed by atoms with Crippen LogP contribution in [0.15, 0.2) is 40.8 Å². The molecule has 17 heavy (non-hydrogen) atoms. The molecule has 0 aliphatic carbocycles. The van der Waals surface area contributed by atoms with E-state index in [1.165, 1.54) is 0 Å². The van der Waals surface area contributed by atoms with Crippen molar-refractivity contribution in [3.63, 3.8) is 0 Å². The number of ether oxygens (including phenoxy) is 1. The predicted molar refractivity (Wildman–Crippen MR) is 67.1 cm³/mol. The third kappa shape index (κ3) is 2.68. The Hall–Kier alpha value is -1.74. The van der Waals surface area contributed by atoms with E-state index >= 15 is 0 Å². The normalized spacial score (nSPS) is 12.4. The van der Waals surface area contributed by atoms with Crippen LogP contribution in [0.1, 0.15) is 30.0 Å². The van der Waals surface area contributed by atoms with Crippen LogP contribution in [-0.4, -0.2) is 6.61 Å². The van der Waals surface area contributed by atoms with Gasteiger partial charge in [0.25, 0.3) is 0 Å². The molecule has 1 aromatic heterocycles. The van der Waals surface area contributed by atoms with E-state index in [1.54, 1.807) is 0 Å². The van der Waals surface area contributed by atoms with Gasteiger partial charge in [-0.25, -0.2) is 0 Å². The third-order valence-electron chi connectivity index (χ3n) is 2.62. The minimum atomic E-state index is -0.223. The summed E-state index contributed by atoms with van der Waals surface area (Å²) >= 11 is 0. The van der Waals surface area contributed by atoms with Crippen LogP contribution in [0, 0.1) is 6.92 Å². The highest BCUT2D eigenvalue weighted by atomic mass is 16.5. The van der Waals surface area contributed by atoms with E-state index in [1.807, 2.05) is 50.2 Å². The molecule has 0 aliphatic rings. The van der Waals surface area contributed by atoms with E-state index in [0.29, 0.717) is 6.61 Å². The molecule has 2 N–H and O–H groups in total. The summed E-state index contributed by atoms with van der Waals surface area (Å²) in [5.41, 5.74) is 7.14. The van der Waals surface area contributed by atoms with Crippen molar-refractivity contribution in [3.05, 3.63) is 53.5 Å². The lowest BCUT2D eigenvalue weighted by molar-refractivity contribution is 0.340. The number of hydrogen-bond acceptors (Lipinski definition) is 3. The Balaban J connectivity index is 2.16. The molecule has 90 valence electrons. The first-order valence-electron chi connectivity index (χ1n) is 5.75. The monoisotopic (exact) mass is 231 g/mol. The van der Waals surface area contributed by atoms with E-state index in [2.05, 4.69) is 0 Å². The van der Waals surface area contributed by atoms with Gasteiger partial charge in [0.1, 0.15) is 17.3 Å². The molecule has 2 aromatic rings. The lowest BCUT2D eigenvalue weighted by Gasteiger charge is -2.10. The first-order valence-corrected chi connectivity index (χ1v) is 5.75. The molecule has 1 atom stereocenters. The molecule has 0 aliphatic heterocycles. The highest BCUT2D eigenvalue weighted by Crippen LogP contribution is 2.23. The van der Waals surface area contributed by atoms with E-state index in [0.717, 1.165) is 22.8 Å². The highest BCUT2D eigenvalue weighted by Gasteiger charge is 2.12. The van der Waals surface area contributed by atoms with Gasteiger partial charge in [-0.2, -0.15) is 0 Å². The number of furan rings is 1. The van der Waals surface area contributed by atoms with Crippen molar-refractivity contribution in [1.29, 1.82) is 0 Å².